The Morgan fingerprint density at radius 2 is 1.43 bits per heavy atom. The zero-order chi connectivity index (χ0) is 19.5. The molecular weight excluding hydrogens is 367 g/mol. The fourth-order valence-corrected chi connectivity index (χ4v) is 3.59. The van der Waals surface area contributed by atoms with E-state index in [2.05, 4.69) is 14.9 Å². The zero-order valence-corrected chi connectivity index (χ0v) is 15.3. The molecule has 0 bridgehead atoms. The number of hydrogen-bond donors (Lipinski definition) is 0. The lowest BCUT2D eigenvalue weighted by Crippen LogP contribution is -2.47. The lowest BCUT2D eigenvalue weighted by molar-refractivity contribution is -0.383. The van der Waals surface area contributed by atoms with Crippen molar-refractivity contribution in [2.45, 2.75) is 0 Å². The first-order valence-electron chi connectivity index (χ1n) is 9.21. The van der Waals surface area contributed by atoms with Gasteiger partial charge in [-0.25, -0.2) is 14.4 Å². The van der Waals surface area contributed by atoms with E-state index in [9.17, 15) is 14.5 Å². The first-order valence-corrected chi connectivity index (χ1v) is 9.21. The summed E-state index contributed by atoms with van der Waals surface area (Å²) in [4.78, 5) is 25.8. The molecule has 0 atom stereocenters. The minimum absolute atomic E-state index is 0.0559. The molecule has 2 aromatic rings. The monoisotopic (exact) mass is 388 g/mol. The van der Waals surface area contributed by atoms with Gasteiger partial charge in [0.2, 0.25) is 11.6 Å². The molecule has 0 unspecified atom stereocenters. The van der Waals surface area contributed by atoms with Crippen LogP contribution in [0.4, 0.5) is 27.4 Å². The number of anilines is 3. The van der Waals surface area contributed by atoms with Crippen molar-refractivity contribution in [2.75, 3.05) is 67.2 Å². The molecule has 0 aliphatic carbocycles. The number of aromatic nitrogens is 2. The second-order valence-corrected chi connectivity index (χ2v) is 6.68. The third-order valence-corrected chi connectivity index (χ3v) is 5.05. The number of rotatable bonds is 4. The van der Waals surface area contributed by atoms with Crippen molar-refractivity contribution in [3.63, 3.8) is 0 Å². The molecule has 2 aliphatic heterocycles. The second-order valence-electron chi connectivity index (χ2n) is 6.68. The van der Waals surface area contributed by atoms with Crippen LogP contribution < -0.4 is 14.7 Å². The van der Waals surface area contributed by atoms with Crippen molar-refractivity contribution >= 4 is 23.0 Å². The van der Waals surface area contributed by atoms with E-state index in [0.717, 1.165) is 5.69 Å². The lowest BCUT2D eigenvalue weighted by atomic mass is 10.2. The van der Waals surface area contributed by atoms with Gasteiger partial charge in [0.15, 0.2) is 0 Å². The Morgan fingerprint density at radius 3 is 2.00 bits per heavy atom. The summed E-state index contributed by atoms with van der Waals surface area (Å²) in [5, 5.41) is 11.8. The predicted octanol–water partition coefficient (Wildman–Crippen LogP) is 1.69. The second kappa shape index (κ2) is 7.93. The molecule has 148 valence electrons. The first kappa shape index (κ1) is 18.4. The Morgan fingerprint density at radius 1 is 0.893 bits per heavy atom. The lowest BCUT2D eigenvalue weighted by Gasteiger charge is -2.36. The molecule has 0 spiro atoms. The molecule has 2 saturated heterocycles. The number of piperazine rings is 1. The Hall–Kier alpha value is -3.01. The maximum absolute atomic E-state index is 13.1. The van der Waals surface area contributed by atoms with E-state index in [-0.39, 0.29) is 11.5 Å². The standard InChI is InChI=1S/C18H21FN6O3/c19-14-1-3-15(4-2-14)22-5-7-23(8-6-22)17-16(25(26)27)18(21-13-20-17)24-9-11-28-12-10-24/h1-4,13H,5-12H2. The van der Waals surface area contributed by atoms with Crippen LogP contribution in [0.2, 0.25) is 0 Å². The summed E-state index contributed by atoms with van der Waals surface area (Å²) in [6, 6.07) is 6.36. The summed E-state index contributed by atoms with van der Waals surface area (Å²) in [5.41, 5.74) is 0.881. The maximum Gasteiger partial charge on any atom is 0.353 e. The fraction of sp³-hybridized carbons (Fsp3) is 0.444. The van der Waals surface area contributed by atoms with Crippen LogP contribution in [0.3, 0.4) is 0 Å². The van der Waals surface area contributed by atoms with Crippen molar-refractivity contribution in [1.82, 2.24) is 9.97 Å². The van der Waals surface area contributed by atoms with E-state index < -0.39 is 4.92 Å². The Bertz CT molecular complexity index is 836. The van der Waals surface area contributed by atoms with Gasteiger partial charge in [-0.3, -0.25) is 10.1 Å². The summed E-state index contributed by atoms with van der Waals surface area (Å²) in [5.74, 6) is 0.425. The SMILES string of the molecule is O=[N+]([O-])c1c(N2CCOCC2)ncnc1N1CCN(c2ccc(F)cc2)CC1. The summed E-state index contributed by atoms with van der Waals surface area (Å²) < 4.78 is 18.5. The third-order valence-electron chi connectivity index (χ3n) is 5.05. The normalized spacial score (nSPS) is 17.7. The summed E-state index contributed by atoms with van der Waals surface area (Å²) >= 11 is 0. The van der Waals surface area contributed by atoms with Gasteiger partial charge in [-0.2, -0.15) is 0 Å². The molecule has 28 heavy (non-hydrogen) atoms. The molecule has 0 N–H and O–H groups in total. The van der Waals surface area contributed by atoms with Crippen molar-refractivity contribution in [1.29, 1.82) is 0 Å². The van der Waals surface area contributed by atoms with Gasteiger partial charge in [0.1, 0.15) is 12.1 Å². The number of halogens is 1. The number of nitrogens with zero attached hydrogens (tertiary/aromatic N) is 6. The largest absolute Gasteiger partial charge is 0.378 e. The van der Waals surface area contributed by atoms with Crippen molar-refractivity contribution in [3.8, 4) is 0 Å². The average Bonchev–Trinajstić information content (AvgIpc) is 2.74. The molecule has 1 aromatic carbocycles. The number of benzene rings is 1. The van der Waals surface area contributed by atoms with E-state index in [1.807, 2.05) is 9.80 Å². The molecule has 0 amide bonds. The van der Waals surface area contributed by atoms with Crippen molar-refractivity contribution < 1.29 is 14.1 Å². The zero-order valence-electron chi connectivity index (χ0n) is 15.3. The van der Waals surface area contributed by atoms with Gasteiger partial charge in [0.25, 0.3) is 0 Å². The van der Waals surface area contributed by atoms with Crippen LogP contribution in [0.25, 0.3) is 0 Å². The third kappa shape index (κ3) is 3.68. The highest BCUT2D eigenvalue weighted by atomic mass is 19.1. The molecule has 0 saturated carbocycles. The minimum Gasteiger partial charge on any atom is -0.378 e. The van der Waals surface area contributed by atoms with Crippen LogP contribution in [0.1, 0.15) is 0 Å². The number of morpholine rings is 1. The average molecular weight is 388 g/mol. The van der Waals surface area contributed by atoms with Gasteiger partial charge < -0.3 is 19.4 Å². The van der Waals surface area contributed by atoms with Crippen molar-refractivity contribution in [3.05, 3.63) is 46.5 Å². The van der Waals surface area contributed by atoms with Crippen LogP contribution in [0, 0.1) is 15.9 Å². The Kier molecular flexibility index (Phi) is 5.20. The highest BCUT2D eigenvalue weighted by molar-refractivity contribution is 5.71. The summed E-state index contributed by atoms with van der Waals surface area (Å²) in [7, 11) is 0. The topological polar surface area (TPSA) is 87.9 Å². The number of ether oxygens (including phenoxy) is 1. The fourth-order valence-electron chi connectivity index (χ4n) is 3.59. The molecule has 9 nitrogen and oxygen atoms in total. The molecule has 2 aliphatic rings. The highest BCUT2D eigenvalue weighted by Gasteiger charge is 2.32. The van der Waals surface area contributed by atoms with Gasteiger partial charge in [0.05, 0.1) is 18.1 Å². The van der Waals surface area contributed by atoms with Crippen LogP contribution in [0.5, 0.6) is 0 Å². The maximum atomic E-state index is 13.1. The van der Waals surface area contributed by atoms with E-state index in [1.165, 1.54) is 18.5 Å². The van der Waals surface area contributed by atoms with Crippen molar-refractivity contribution in [2.24, 2.45) is 0 Å². The molecule has 1 aromatic heterocycles. The molecule has 10 heteroatoms. The first-order chi connectivity index (χ1) is 13.6. The quantitative estimate of drug-likeness (QED) is 0.578. The summed E-state index contributed by atoms with van der Waals surface area (Å²) in [6.07, 6.45) is 1.39. The van der Waals surface area contributed by atoms with Crippen LogP contribution in [0.15, 0.2) is 30.6 Å². The smallest absolute Gasteiger partial charge is 0.353 e. The van der Waals surface area contributed by atoms with Crippen LogP contribution >= 0.6 is 0 Å². The summed E-state index contributed by atoms with van der Waals surface area (Å²) in [6.45, 7) is 4.67. The Labute approximate surface area is 161 Å². The van der Waals surface area contributed by atoms with E-state index in [1.54, 1.807) is 12.1 Å². The number of nitro groups is 1. The molecule has 2 fully saturated rings. The predicted molar refractivity (Wildman–Crippen MR) is 103 cm³/mol. The van der Waals surface area contributed by atoms with E-state index in [0.29, 0.717) is 64.1 Å². The van der Waals surface area contributed by atoms with Gasteiger partial charge in [-0.05, 0) is 24.3 Å². The van der Waals surface area contributed by atoms with E-state index in [4.69, 9.17) is 4.74 Å². The molecular formula is C18H21FN6O3. The van der Waals surface area contributed by atoms with E-state index >= 15 is 0 Å². The van der Waals surface area contributed by atoms with Gasteiger partial charge in [0, 0.05) is 45.0 Å². The van der Waals surface area contributed by atoms with Crippen LogP contribution in [-0.4, -0.2) is 67.4 Å². The molecule has 0 radical (unpaired) electrons. The van der Waals surface area contributed by atoms with Gasteiger partial charge in [-0.1, -0.05) is 0 Å². The number of hydrogen-bond acceptors (Lipinski definition) is 8. The molecule has 4 rings (SSSR count). The van der Waals surface area contributed by atoms with Crippen LogP contribution in [-0.2, 0) is 4.74 Å². The minimum atomic E-state index is -0.396. The molecule has 3 heterocycles. The highest BCUT2D eigenvalue weighted by Crippen LogP contribution is 2.35. The van der Waals surface area contributed by atoms with Gasteiger partial charge in [-0.15, -0.1) is 0 Å². The Balaban J connectivity index is 1.54. The van der Waals surface area contributed by atoms with Gasteiger partial charge >= 0.3 is 5.69 Å².